The predicted molar refractivity (Wildman–Crippen MR) is 165 cm³/mol. The molecule has 5 atom stereocenters. The highest BCUT2D eigenvalue weighted by Gasteiger charge is 2.76. The van der Waals surface area contributed by atoms with Gasteiger partial charge < -0.3 is 20.1 Å². The summed E-state index contributed by atoms with van der Waals surface area (Å²) in [6, 6.07) is 14.6. The first-order valence-corrected chi connectivity index (χ1v) is 15.5. The van der Waals surface area contributed by atoms with Crippen LogP contribution in [0.3, 0.4) is 0 Å². The van der Waals surface area contributed by atoms with Gasteiger partial charge in [0, 0.05) is 17.8 Å². The summed E-state index contributed by atoms with van der Waals surface area (Å²) in [5.74, 6) is -1.21. The lowest BCUT2D eigenvalue weighted by Gasteiger charge is -2.35. The lowest BCUT2D eigenvalue weighted by Crippen LogP contribution is -2.58. The quantitative estimate of drug-likeness (QED) is 0.445. The number of carbonyl (C=O) groups excluding carboxylic acids is 3. The molecule has 1 aliphatic carbocycles. The fraction of sp³-hybridized carbons (Fsp3) is 0.514. The Labute approximate surface area is 254 Å². The molecule has 0 unspecified atom stereocenters. The van der Waals surface area contributed by atoms with E-state index in [4.69, 9.17) is 9.47 Å². The average molecular weight is 586 g/mol. The number of hydrogen-bond donors (Lipinski definition) is 2. The van der Waals surface area contributed by atoms with E-state index >= 15 is 0 Å². The van der Waals surface area contributed by atoms with Crippen molar-refractivity contribution >= 4 is 23.4 Å². The molecule has 1 saturated carbocycles. The molecular weight excluding hydrogens is 542 g/mol. The third-order valence-corrected chi connectivity index (χ3v) is 9.60. The summed E-state index contributed by atoms with van der Waals surface area (Å²) in [5, 5.41) is 6.12. The standard InChI is InChI=1S/C35H43N3O5/c1-33(2,3)37-31(40)29-35-20-19-34(4,43-35)27(30(39)36-21-22-11-17-26(42-5)18-12-22)28(35)32(41)38(29)25-15-13-24(14-16-25)23-9-7-6-8-10-23/h11-20,23,27-29H,6-10,21H2,1-5H3,(H,36,39)(H,37,40)/t27-,28+,29-,34-,35+/m1/s1. The zero-order valence-electron chi connectivity index (χ0n) is 25.8. The van der Waals surface area contributed by atoms with Crippen LogP contribution in [0.25, 0.3) is 0 Å². The molecule has 228 valence electrons. The van der Waals surface area contributed by atoms with Gasteiger partial charge in [0.2, 0.25) is 17.7 Å². The molecule has 43 heavy (non-hydrogen) atoms. The molecule has 2 N–H and O–H groups in total. The van der Waals surface area contributed by atoms with Crippen LogP contribution in [0.1, 0.15) is 76.8 Å². The summed E-state index contributed by atoms with van der Waals surface area (Å²) < 4.78 is 11.9. The highest BCUT2D eigenvalue weighted by atomic mass is 16.5. The summed E-state index contributed by atoms with van der Waals surface area (Å²) in [4.78, 5) is 44.0. The molecule has 6 rings (SSSR count). The molecule has 3 amide bonds. The number of fused-ring (bicyclic) bond motifs is 1. The molecule has 2 aromatic rings. The fourth-order valence-corrected chi connectivity index (χ4v) is 7.64. The van der Waals surface area contributed by atoms with Crippen molar-refractivity contribution in [2.24, 2.45) is 11.8 Å². The molecule has 2 bridgehead atoms. The van der Waals surface area contributed by atoms with E-state index in [9.17, 15) is 14.4 Å². The number of methoxy groups -OCH3 is 1. The Bertz CT molecular complexity index is 1420. The number of rotatable bonds is 7. The number of benzene rings is 2. The van der Waals surface area contributed by atoms with Crippen LogP contribution in [0.5, 0.6) is 5.75 Å². The van der Waals surface area contributed by atoms with Gasteiger partial charge in [-0.25, -0.2) is 0 Å². The maximum Gasteiger partial charge on any atom is 0.246 e. The average Bonchev–Trinajstić information content (AvgIpc) is 3.56. The number of ether oxygens (including phenoxy) is 2. The highest BCUT2D eigenvalue weighted by molar-refractivity contribution is 6.10. The van der Waals surface area contributed by atoms with Crippen LogP contribution in [0.4, 0.5) is 5.69 Å². The van der Waals surface area contributed by atoms with Gasteiger partial charge in [-0.15, -0.1) is 0 Å². The summed E-state index contributed by atoms with van der Waals surface area (Å²) in [6.07, 6.45) is 9.82. The van der Waals surface area contributed by atoms with E-state index in [-0.39, 0.29) is 17.7 Å². The van der Waals surface area contributed by atoms with E-state index in [2.05, 4.69) is 22.8 Å². The molecule has 3 aliphatic heterocycles. The topological polar surface area (TPSA) is 97.0 Å². The number of nitrogens with zero attached hydrogens (tertiary/aromatic N) is 1. The van der Waals surface area contributed by atoms with Gasteiger partial charge >= 0.3 is 0 Å². The third-order valence-electron chi connectivity index (χ3n) is 9.60. The van der Waals surface area contributed by atoms with E-state index < -0.39 is 34.6 Å². The second kappa shape index (κ2) is 10.8. The number of hydrogen-bond acceptors (Lipinski definition) is 5. The first-order valence-electron chi connectivity index (χ1n) is 15.5. The van der Waals surface area contributed by atoms with Crippen molar-refractivity contribution in [3.8, 4) is 5.75 Å². The normalized spacial score (nSPS) is 29.9. The maximum atomic E-state index is 14.5. The first-order chi connectivity index (χ1) is 20.5. The molecule has 0 aromatic heterocycles. The van der Waals surface area contributed by atoms with E-state index in [0.29, 0.717) is 18.2 Å². The molecule has 3 heterocycles. The van der Waals surface area contributed by atoms with Crippen LogP contribution in [-0.2, 0) is 25.7 Å². The molecular formula is C35H43N3O5. The number of anilines is 1. The molecule has 4 aliphatic rings. The summed E-state index contributed by atoms with van der Waals surface area (Å²) >= 11 is 0. The number of carbonyl (C=O) groups is 3. The van der Waals surface area contributed by atoms with Crippen molar-refractivity contribution in [2.75, 3.05) is 12.0 Å². The van der Waals surface area contributed by atoms with Gasteiger partial charge in [0.05, 0.1) is 24.5 Å². The Hall–Kier alpha value is -3.65. The number of amides is 3. The van der Waals surface area contributed by atoms with E-state index in [0.717, 1.165) is 11.3 Å². The zero-order valence-corrected chi connectivity index (χ0v) is 25.8. The van der Waals surface area contributed by atoms with Crippen molar-refractivity contribution in [3.05, 3.63) is 71.8 Å². The van der Waals surface area contributed by atoms with Crippen molar-refractivity contribution in [1.82, 2.24) is 10.6 Å². The maximum absolute atomic E-state index is 14.5. The second-order valence-corrected chi connectivity index (χ2v) is 13.8. The Morgan fingerprint density at radius 3 is 2.28 bits per heavy atom. The van der Waals surface area contributed by atoms with Gasteiger partial charge in [0.25, 0.3) is 0 Å². The van der Waals surface area contributed by atoms with Gasteiger partial charge in [0.1, 0.15) is 17.4 Å². The highest BCUT2D eigenvalue weighted by Crippen LogP contribution is 2.60. The van der Waals surface area contributed by atoms with Crippen molar-refractivity contribution in [3.63, 3.8) is 0 Å². The van der Waals surface area contributed by atoms with Crippen LogP contribution < -0.4 is 20.3 Å². The van der Waals surface area contributed by atoms with E-state index in [1.165, 1.54) is 37.7 Å². The van der Waals surface area contributed by atoms with Crippen molar-refractivity contribution in [2.45, 2.75) is 95.0 Å². The van der Waals surface area contributed by atoms with Crippen molar-refractivity contribution in [1.29, 1.82) is 0 Å². The Balaban J connectivity index is 1.32. The predicted octanol–water partition coefficient (Wildman–Crippen LogP) is 5.02. The third kappa shape index (κ3) is 5.13. The Morgan fingerprint density at radius 2 is 1.65 bits per heavy atom. The van der Waals surface area contributed by atoms with Crippen LogP contribution in [-0.4, -0.2) is 47.6 Å². The largest absolute Gasteiger partial charge is 0.497 e. The van der Waals surface area contributed by atoms with E-state index in [1.807, 2.05) is 76.2 Å². The first kappa shape index (κ1) is 29.4. The minimum absolute atomic E-state index is 0.267. The Kier molecular flexibility index (Phi) is 7.40. The minimum Gasteiger partial charge on any atom is -0.497 e. The SMILES string of the molecule is COc1ccc(CNC(=O)[C@H]2[C@H]3C(=O)N(c4ccc(C5CCCCC5)cc4)[C@H](C(=O)NC(C)(C)C)[C@]34C=C[C@@]2(C)O4)cc1. The van der Waals surface area contributed by atoms with Crippen LogP contribution in [0.2, 0.25) is 0 Å². The molecule has 2 saturated heterocycles. The van der Waals surface area contributed by atoms with E-state index in [1.54, 1.807) is 12.0 Å². The zero-order chi connectivity index (χ0) is 30.6. The minimum atomic E-state index is -1.26. The fourth-order valence-electron chi connectivity index (χ4n) is 7.64. The molecule has 1 spiro atoms. The molecule has 8 heteroatoms. The summed E-state index contributed by atoms with van der Waals surface area (Å²) in [6.45, 7) is 7.88. The number of nitrogens with one attached hydrogen (secondary N) is 2. The lowest BCUT2D eigenvalue weighted by atomic mass is 9.70. The van der Waals surface area contributed by atoms with Crippen LogP contribution >= 0.6 is 0 Å². The molecule has 0 radical (unpaired) electrons. The molecule has 2 aromatic carbocycles. The lowest BCUT2D eigenvalue weighted by molar-refractivity contribution is -0.134. The van der Waals surface area contributed by atoms with Gasteiger partial charge in [-0.05, 0) is 81.8 Å². The van der Waals surface area contributed by atoms with Crippen molar-refractivity contribution < 1.29 is 23.9 Å². The van der Waals surface area contributed by atoms with Gasteiger partial charge in [-0.1, -0.05) is 55.7 Å². The van der Waals surface area contributed by atoms with Gasteiger partial charge in [-0.3, -0.25) is 19.3 Å². The van der Waals surface area contributed by atoms with Crippen LogP contribution in [0.15, 0.2) is 60.7 Å². The van der Waals surface area contributed by atoms with Crippen LogP contribution in [0, 0.1) is 11.8 Å². The monoisotopic (exact) mass is 585 g/mol. The molecule has 3 fully saturated rings. The smallest absolute Gasteiger partial charge is 0.246 e. The van der Waals surface area contributed by atoms with Gasteiger partial charge in [0.15, 0.2) is 0 Å². The molecule has 8 nitrogen and oxygen atoms in total. The Morgan fingerprint density at radius 1 is 0.977 bits per heavy atom. The summed E-state index contributed by atoms with van der Waals surface area (Å²) in [5.41, 5.74) is 0.0285. The summed E-state index contributed by atoms with van der Waals surface area (Å²) in [7, 11) is 1.61. The van der Waals surface area contributed by atoms with Gasteiger partial charge in [-0.2, -0.15) is 0 Å². The second-order valence-electron chi connectivity index (χ2n) is 13.8.